The van der Waals surface area contributed by atoms with Gasteiger partial charge in [-0.05, 0) is 79.1 Å². The van der Waals surface area contributed by atoms with Crippen molar-refractivity contribution in [2.75, 3.05) is 96.5 Å². The zero-order valence-electron chi connectivity index (χ0n) is 70.0. The second-order valence-corrected chi connectivity index (χ2v) is 37.7. The molecule has 6 aliphatic rings. The number of imide groups is 5. The molecule has 0 aliphatic carbocycles. The van der Waals surface area contributed by atoms with E-state index in [1.807, 2.05) is 6.07 Å². The van der Waals surface area contributed by atoms with Gasteiger partial charge in [-0.25, -0.2) is 28.8 Å². The van der Waals surface area contributed by atoms with Gasteiger partial charge in [0.2, 0.25) is 47.3 Å². The van der Waals surface area contributed by atoms with Gasteiger partial charge in [0.25, 0.3) is 29.5 Å². The lowest BCUT2D eigenvalue weighted by Crippen LogP contribution is -2.54. The fourth-order valence-electron chi connectivity index (χ4n) is 14.5. The van der Waals surface area contributed by atoms with Crippen molar-refractivity contribution in [3.05, 3.63) is 184 Å². The molecule has 6 heterocycles. The van der Waals surface area contributed by atoms with Gasteiger partial charge in [0.15, 0.2) is 6.23 Å². The minimum absolute atomic E-state index is 0.00223. The Kier molecular flexibility index (Phi) is 35.0. The average Bonchev–Trinajstić information content (AvgIpc) is 1.58. The van der Waals surface area contributed by atoms with Gasteiger partial charge in [-0.2, -0.15) is 0 Å². The summed E-state index contributed by atoms with van der Waals surface area (Å²) in [7, 11) is 7.82. The Hall–Kier alpha value is -13.0. The molecule has 8 N–H and O–H groups in total. The second-order valence-electron chi connectivity index (χ2n) is 29.6. The Morgan fingerprint density at radius 1 is 0.386 bits per heavy atom. The molecule has 46 heteroatoms. The number of hydrogen-bond acceptors (Lipinski definition) is 33. The molecule has 6 aromatic rings. The molecular weight excluding hydrogens is 1840 g/mol. The summed E-state index contributed by atoms with van der Waals surface area (Å²) in [6.07, 6.45) is -5.95. The third kappa shape index (κ3) is 25.8. The summed E-state index contributed by atoms with van der Waals surface area (Å²) in [5.41, 5.74) is -0.486. The van der Waals surface area contributed by atoms with Crippen molar-refractivity contribution in [3.8, 4) is 11.5 Å². The minimum Gasteiger partial charge on any atom is -0.480 e. The maximum Gasteiger partial charge on any atom is 0.411 e. The molecular formula is C86H86N12O28S6. The summed E-state index contributed by atoms with van der Waals surface area (Å²) in [4.78, 5) is 272. The van der Waals surface area contributed by atoms with Crippen LogP contribution in [0.5, 0.6) is 11.5 Å². The maximum atomic E-state index is 14.5. The number of carbonyl (C=O) groups is 20. The van der Waals surface area contributed by atoms with Crippen LogP contribution in [0, 0.1) is 0 Å². The number of carbonyl (C=O) groups excluding carboxylic acids is 19. The highest BCUT2D eigenvalue weighted by atomic mass is 33.1. The second kappa shape index (κ2) is 47.2. The highest BCUT2D eigenvalue weighted by Crippen LogP contribution is 2.43. The standard InChI is InChI=1S/C86H86N12O28S6/c99-61-29-24-56(74(108)90-61)96-77(111)52-19-10-20-53(69(52)78(96)112)87-84(118)122-34-40-130-127-37-11-21-64(102)94(44-50-15-6-2-7-16-50)47-67(106)125-59-27-23-55(71-72(59)81(115)98(80(71)114)58-26-31-63(101)92-76(58)110)89-85(119)123-35-41-131-132-42-36-124-86(120)95(45-51-17-8-3-9-18-51)48-68(107)126-60-28-22-54(70-73(60)82(116)97(79(70)113)57-25-30-62(100)91-75(57)109)88-83(117)121-33-12-38-128-129-39-32-65(103)93(46-66(104)105)43-49-13-4-1-5-14-49/h1-10,13-20,22-23,27-28,56-58,77,111H,11-12,21,24-26,29-48H2,(H,87,118)(H,88,117)(H,89,119)(H,104,105)(H,90,99,108)(H,91,100,109)(H,92,101,110). The van der Waals surface area contributed by atoms with E-state index in [0.717, 1.165) is 39.6 Å². The molecule has 40 nitrogen and oxygen atoms in total. The lowest BCUT2D eigenvalue weighted by molar-refractivity contribution is -0.144. The normalized spacial score (nSPS) is 16.7. The number of hydrogen-bond donors (Lipinski definition) is 8. The number of fused-ring (bicyclic) bond motifs is 3. The van der Waals surface area contributed by atoms with E-state index < -0.39 is 191 Å². The summed E-state index contributed by atoms with van der Waals surface area (Å²) in [5.74, 6) is -12.9. The number of rotatable bonds is 43. The number of amides is 17. The van der Waals surface area contributed by atoms with E-state index in [1.54, 1.807) is 84.9 Å². The van der Waals surface area contributed by atoms with E-state index in [-0.39, 0.29) is 143 Å². The Morgan fingerprint density at radius 3 is 1.23 bits per heavy atom. The van der Waals surface area contributed by atoms with Gasteiger partial charge in [0.1, 0.15) is 69.1 Å². The summed E-state index contributed by atoms with van der Waals surface area (Å²) in [5, 5.41) is 34.2. The summed E-state index contributed by atoms with van der Waals surface area (Å²) in [6, 6.07) is 30.9. The van der Waals surface area contributed by atoms with Crippen molar-refractivity contribution in [1.82, 2.24) is 45.3 Å². The highest BCUT2D eigenvalue weighted by molar-refractivity contribution is 8.77. The molecule has 0 bridgehead atoms. The fourth-order valence-corrected chi connectivity index (χ4v) is 20.1. The molecule has 3 fully saturated rings. The van der Waals surface area contributed by atoms with Crippen LogP contribution >= 0.6 is 64.8 Å². The number of nitrogens with zero attached hydrogens (tertiary/aromatic N) is 6. The average molecular weight is 1930 g/mol. The Balaban J connectivity index is 0.600. The van der Waals surface area contributed by atoms with Gasteiger partial charge in [-0.15, -0.1) is 0 Å². The summed E-state index contributed by atoms with van der Waals surface area (Å²) in [6.45, 7) is -2.77. The number of nitrogens with one attached hydrogen (secondary N) is 6. The molecule has 0 radical (unpaired) electrons. The van der Waals surface area contributed by atoms with Crippen molar-refractivity contribution in [2.45, 2.75) is 108 Å². The number of anilines is 3. The van der Waals surface area contributed by atoms with Crippen LogP contribution in [0.15, 0.2) is 133 Å². The van der Waals surface area contributed by atoms with E-state index in [9.17, 15) is 106 Å². The lowest BCUT2D eigenvalue weighted by atomic mass is 10.0. The topological polar surface area (TPSA) is 529 Å². The van der Waals surface area contributed by atoms with Gasteiger partial charge < -0.3 is 48.4 Å². The molecule has 0 aromatic heterocycles. The number of carboxylic acid groups (broad SMARTS) is 1. The van der Waals surface area contributed by atoms with Crippen molar-refractivity contribution in [2.24, 2.45) is 0 Å². The van der Waals surface area contributed by atoms with Gasteiger partial charge in [-0.1, -0.05) is 168 Å². The van der Waals surface area contributed by atoms with Crippen molar-refractivity contribution < 1.29 is 135 Å². The molecule has 0 spiro atoms. The van der Waals surface area contributed by atoms with Gasteiger partial charge in [0, 0.05) is 91.8 Å². The first kappa shape index (κ1) is 98.0. The number of esters is 2. The van der Waals surface area contributed by atoms with E-state index >= 15 is 0 Å². The van der Waals surface area contributed by atoms with Gasteiger partial charge in [0.05, 0.1) is 51.5 Å². The lowest BCUT2D eigenvalue weighted by Gasteiger charge is -2.31. The molecule has 0 saturated carbocycles. The zero-order valence-corrected chi connectivity index (χ0v) is 74.9. The molecule has 6 aromatic carbocycles. The quantitative estimate of drug-likeness (QED) is 0.00447. The van der Waals surface area contributed by atoms with Crippen molar-refractivity contribution in [3.63, 3.8) is 0 Å². The Labute approximate surface area is 775 Å². The first-order valence-corrected chi connectivity index (χ1v) is 48.6. The van der Waals surface area contributed by atoms with Gasteiger partial charge in [-0.3, -0.25) is 119 Å². The highest BCUT2D eigenvalue weighted by Gasteiger charge is 2.51. The summed E-state index contributed by atoms with van der Waals surface area (Å²) < 4.78 is 33.2. The van der Waals surface area contributed by atoms with Crippen molar-refractivity contribution in [1.29, 1.82) is 0 Å². The number of piperidine rings is 3. The maximum absolute atomic E-state index is 14.5. The van der Waals surface area contributed by atoms with Crippen LogP contribution in [0.2, 0.25) is 0 Å². The van der Waals surface area contributed by atoms with Crippen LogP contribution in [0.1, 0.15) is 144 Å². The Bertz CT molecular complexity index is 5490. The van der Waals surface area contributed by atoms with Crippen LogP contribution in [0.4, 0.5) is 36.2 Å². The molecule has 17 amide bonds. The molecule has 132 heavy (non-hydrogen) atoms. The number of benzene rings is 6. The number of carboxylic acids is 1. The van der Waals surface area contributed by atoms with Crippen molar-refractivity contribution >= 4 is 201 Å². The predicted octanol–water partition coefficient (Wildman–Crippen LogP) is 8.08. The summed E-state index contributed by atoms with van der Waals surface area (Å²) >= 11 is 0. The van der Waals surface area contributed by atoms with Crippen LogP contribution in [0.3, 0.4) is 0 Å². The van der Waals surface area contributed by atoms with Crippen LogP contribution < -0.4 is 41.4 Å². The number of aliphatic hydroxyl groups is 1. The van der Waals surface area contributed by atoms with Crippen LogP contribution in [-0.4, -0.2) is 257 Å². The van der Waals surface area contributed by atoms with Crippen LogP contribution in [0.25, 0.3) is 0 Å². The minimum atomic E-state index is -1.51. The van der Waals surface area contributed by atoms with E-state index in [1.165, 1.54) is 92.8 Å². The first-order chi connectivity index (χ1) is 63.6. The Morgan fingerprint density at radius 2 is 0.773 bits per heavy atom. The first-order valence-electron chi connectivity index (χ1n) is 41.1. The largest absolute Gasteiger partial charge is 0.480 e. The monoisotopic (exact) mass is 1930 g/mol. The van der Waals surface area contributed by atoms with E-state index in [4.69, 9.17) is 28.4 Å². The smallest absolute Gasteiger partial charge is 0.411 e. The third-order valence-corrected chi connectivity index (χ3v) is 27.8. The van der Waals surface area contributed by atoms with E-state index in [0.29, 0.717) is 56.8 Å². The SMILES string of the molecule is O=C(O)CN(Cc1ccccc1)C(=O)CCSSCCCOC(=O)Nc1ccc(OC(=O)CN(Cc2ccccc2)C(=O)OCCSSCCOC(=O)Nc2ccc(OC(=O)CN(Cc3ccccc3)C(=O)CCCSSCCOC(=O)Nc3cccc4c3C(=O)N(C3CCC(=O)NC3=O)C4O)c3c2C(=O)N(C2CCC(=O)NC2=O)C3=O)c2c1C(=O)N(C1CCC(=O)NC1=O)C2=O. The molecule has 4 unspecified atom stereocenters. The molecule has 694 valence electrons. The molecule has 4 atom stereocenters. The number of aliphatic carboxylic acids is 1. The molecule has 12 rings (SSSR count). The number of ether oxygens (including phenoxy) is 6. The molecule has 6 aliphatic heterocycles. The fraction of sp³-hybridized carbons (Fsp3) is 0.349. The molecule has 3 saturated heterocycles. The van der Waals surface area contributed by atoms with Crippen LogP contribution in [-0.2, 0) is 91.3 Å². The van der Waals surface area contributed by atoms with Gasteiger partial charge >= 0.3 is 42.3 Å². The predicted molar refractivity (Wildman–Crippen MR) is 479 cm³/mol. The number of aliphatic hydroxyl groups excluding tert-OH is 1. The zero-order chi connectivity index (χ0) is 94.1. The third-order valence-electron chi connectivity index (χ3n) is 20.5. The van der Waals surface area contributed by atoms with E-state index in [2.05, 4.69) is 31.9 Å².